The monoisotopic (exact) mass is 313 g/mol. The highest BCUT2D eigenvalue weighted by atomic mass is 16.4. The lowest BCUT2D eigenvalue weighted by Gasteiger charge is -2.35. The fraction of sp³-hybridized carbons (Fsp3) is 0.579. The summed E-state index contributed by atoms with van der Waals surface area (Å²) in [5.41, 5.74) is 1.06. The Hall–Kier alpha value is -1.84. The van der Waals surface area contributed by atoms with Crippen LogP contribution in [0.5, 0.6) is 0 Å². The number of carbonyl (C=O) groups excluding carboxylic acids is 1. The minimum atomic E-state index is -0.660. The summed E-state index contributed by atoms with van der Waals surface area (Å²) in [5.74, 6) is -0.532. The second-order valence-electron chi connectivity index (χ2n) is 7.69. The van der Waals surface area contributed by atoms with E-state index in [-0.39, 0.29) is 16.7 Å². The number of carbonyl (C=O) groups is 2. The van der Waals surface area contributed by atoms with E-state index in [9.17, 15) is 9.59 Å². The normalized spacial score (nSPS) is 26.8. The highest BCUT2D eigenvalue weighted by molar-refractivity contribution is 5.86. The van der Waals surface area contributed by atoms with Crippen LogP contribution in [0.15, 0.2) is 30.3 Å². The molecule has 1 heterocycles. The Kier molecular flexibility index (Phi) is 3.26. The predicted octanol–water partition coefficient (Wildman–Crippen LogP) is 2.72. The highest BCUT2D eigenvalue weighted by Gasteiger charge is 2.60. The molecule has 3 aliphatic rings. The van der Waals surface area contributed by atoms with Crippen molar-refractivity contribution in [2.75, 3.05) is 13.1 Å². The molecule has 1 aromatic carbocycles. The van der Waals surface area contributed by atoms with Crippen LogP contribution in [-0.2, 0) is 16.0 Å². The second-order valence-corrected chi connectivity index (χ2v) is 7.69. The number of rotatable bonds is 4. The average molecular weight is 313 g/mol. The molecule has 2 saturated carbocycles. The van der Waals surface area contributed by atoms with Crippen molar-refractivity contribution in [3.05, 3.63) is 35.9 Å². The highest BCUT2D eigenvalue weighted by Crippen LogP contribution is 2.60. The Morgan fingerprint density at radius 2 is 1.74 bits per heavy atom. The molecule has 1 saturated heterocycles. The number of piperidine rings is 1. The van der Waals surface area contributed by atoms with Crippen molar-refractivity contribution in [1.82, 2.24) is 4.90 Å². The molecule has 1 atom stereocenters. The summed E-state index contributed by atoms with van der Waals surface area (Å²) >= 11 is 0. The number of benzene rings is 1. The smallest absolute Gasteiger partial charge is 0.307 e. The van der Waals surface area contributed by atoms with Crippen molar-refractivity contribution in [2.24, 2.45) is 16.7 Å². The zero-order chi connectivity index (χ0) is 16.1. The Morgan fingerprint density at radius 1 is 1.09 bits per heavy atom. The molecule has 1 spiro atoms. The largest absolute Gasteiger partial charge is 0.481 e. The molecular weight excluding hydrogens is 290 g/mol. The van der Waals surface area contributed by atoms with Crippen LogP contribution in [0.1, 0.15) is 37.7 Å². The number of carboxylic acids is 1. The van der Waals surface area contributed by atoms with Crippen molar-refractivity contribution in [2.45, 2.75) is 38.5 Å². The molecule has 1 amide bonds. The van der Waals surface area contributed by atoms with Crippen molar-refractivity contribution < 1.29 is 14.7 Å². The minimum Gasteiger partial charge on any atom is -0.481 e. The first kappa shape index (κ1) is 14.7. The number of nitrogens with zero attached hydrogens (tertiary/aromatic N) is 1. The summed E-state index contributed by atoms with van der Waals surface area (Å²) in [5, 5.41) is 9.17. The summed E-state index contributed by atoms with van der Waals surface area (Å²) in [7, 11) is 0. The van der Waals surface area contributed by atoms with Gasteiger partial charge in [0.25, 0.3) is 0 Å². The van der Waals surface area contributed by atoms with Crippen LogP contribution in [-0.4, -0.2) is 35.0 Å². The molecule has 0 aromatic heterocycles. The lowest BCUT2D eigenvalue weighted by Crippen LogP contribution is -2.44. The SMILES string of the molecule is O=C(O)C1CC12CCN(C(=O)C1(Cc3ccccc3)CC1)CC2. The van der Waals surface area contributed by atoms with Crippen molar-refractivity contribution >= 4 is 11.9 Å². The van der Waals surface area contributed by atoms with Gasteiger partial charge in [0.2, 0.25) is 5.91 Å². The Balaban J connectivity index is 1.38. The summed E-state index contributed by atoms with van der Waals surface area (Å²) in [6, 6.07) is 10.3. The molecule has 2 aliphatic carbocycles. The van der Waals surface area contributed by atoms with Gasteiger partial charge in [-0.05, 0) is 49.5 Å². The van der Waals surface area contributed by atoms with E-state index < -0.39 is 5.97 Å². The Bertz CT molecular complexity index is 627. The van der Waals surface area contributed by atoms with Crippen LogP contribution in [0.3, 0.4) is 0 Å². The lowest BCUT2D eigenvalue weighted by atomic mass is 9.88. The zero-order valence-corrected chi connectivity index (χ0v) is 13.3. The van der Waals surface area contributed by atoms with E-state index in [2.05, 4.69) is 12.1 Å². The summed E-state index contributed by atoms with van der Waals surface area (Å²) in [4.78, 5) is 26.1. The molecular formula is C19H23NO3. The first-order chi connectivity index (χ1) is 11.0. The third-order valence-electron chi connectivity index (χ3n) is 6.23. The molecule has 1 unspecified atom stereocenters. The van der Waals surface area contributed by atoms with E-state index in [0.29, 0.717) is 5.91 Å². The summed E-state index contributed by atoms with van der Waals surface area (Å²) in [6.07, 6.45) is 5.33. The molecule has 0 bridgehead atoms. The molecule has 122 valence electrons. The first-order valence-corrected chi connectivity index (χ1v) is 8.61. The number of hydrogen-bond acceptors (Lipinski definition) is 2. The van der Waals surface area contributed by atoms with Gasteiger partial charge in [0.15, 0.2) is 0 Å². The average Bonchev–Trinajstić information content (AvgIpc) is 3.46. The number of carboxylic acid groups (broad SMARTS) is 1. The van der Waals surface area contributed by atoms with E-state index in [0.717, 1.165) is 51.6 Å². The molecule has 4 nitrogen and oxygen atoms in total. The van der Waals surface area contributed by atoms with Crippen molar-refractivity contribution in [3.8, 4) is 0 Å². The van der Waals surface area contributed by atoms with Gasteiger partial charge in [0, 0.05) is 13.1 Å². The van der Waals surface area contributed by atoms with Gasteiger partial charge in [-0.2, -0.15) is 0 Å². The number of likely N-dealkylation sites (tertiary alicyclic amines) is 1. The summed E-state index contributed by atoms with van der Waals surface area (Å²) in [6.45, 7) is 1.47. The molecule has 3 fully saturated rings. The maximum absolute atomic E-state index is 12.9. The van der Waals surface area contributed by atoms with Crippen molar-refractivity contribution in [1.29, 1.82) is 0 Å². The zero-order valence-electron chi connectivity index (χ0n) is 13.3. The Labute approximate surface area is 136 Å². The molecule has 1 N–H and O–H groups in total. The second kappa shape index (κ2) is 5.08. The molecule has 1 aliphatic heterocycles. The number of hydrogen-bond donors (Lipinski definition) is 1. The summed E-state index contributed by atoms with van der Waals surface area (Å²) < 4.78 is 0. The van der Waals surface area contributed by atoms with Gasteiger partial charge in [-0.15, -0.1) is 0 Å². The number of amides is 1. The van der Waals surface area contributed by atoms with Gasteiger partial charge in [-0.1, -0.05) is 30.3 Å². The van der Waals surface area contributed by atoms with E-state index in [1.165, 1.54) is 5.56 Å². The maximum Gasteiger partial charge on any atom is 0.307 e. The topological polar surface area (TPSA) is 57.6 Å². The van der Waals surface area contributed by atoms with Gasteiger partial charge < -0.3 is 10.0 Å². The van der Waals surface area contributed by atoms with E-state index in [1.54, 1.807) is 0 Å². The fourth-order valence-electron chi connectivity index (χ4n) is 4.34. The van der Waals surface area contributed by atoms with Crippen LogP contribution in [0.4, 0.5) is 0 Å². The van der Waals surface area contributed by atoms with Gasteiger partial charge in [0.1, 0.15) is 0 Å². The van der Waals surface area contributed by atoms with E-state index in [1.807, 2.05) is 23.1 Å². The molecule has 0 radical (unpaired) electrons. The number of aliphatic carboxylic acids is 1. The van der Waals surface area contributed by atoms with Crippen molar-refractivity contribution in [3.63, 3.8) is 0 Å². The first-order valence-electron chi connectivity index (χ1n) is 8.61. The van der Waals surface area contributed by atoms with Crippen LogP contribution in [0, 0.1) is 16.7 Å². The third kappa shape index (κ3) is 2.54. The third-order valence-corrected chi connectivity index (χ3v) is 6.23. The lowest BCUT2D eigenvalue weighted by molar-refractivity contribution is -0.140. The molecule has 4 rings (SSSR count). The molecule has 1 aromatic rings. The molecule has 23 heavy (non-hydrogen) atoms. The minimum absolute atomic E-state index is 0.00123. The van der Waals surface area contributed by atoms with Crippen LogP contribution < -0.4 is 0 Å². The van der Waals surface area contributed by atoms with Gasteiger partial charge in [-0.25, -0.2) is 0 Å². The quantitative estimate of drug-likeness (QED) is 0.930. The standard InChI is InChI=1S/C19H23NO3/c21-16(22)15-13-18(15)8-10-20(11-9-18)17(23)19(6-7-19)12-14-4-2-1-3-5-14/h1-5,15H,6-13H2,(H,21,22). The maximum atomic E-state index is 12.9. The molecule has 4 heteroatoms. The predicted molar refractivity (Wildman–Crippen MR) is 85.8 cm³/mol. The van der Waals surface area contributed by atoms with Gasteiger partial charge >= 0.3 is 5.97 Å². The fourth-order valence-corrected chi connectivity index (χ4v) is 4.34. The van der Waals surface area contributed by atoms with E-state index >= 15 is 0 Å². The Morgan fingerprint density at radius 3 is 2.26 bits per heavy atom. The van der Waals surface area contributed by atoms with Gasteiger partial charge in [0.05, 0.1) is 11.3 Å². The van der Waals surface area contributed by atoms with Gasteiger partial charge in [-0.3, -0.25) is 9.59 Å². The van der Waals surface area contributed by atoms with E-state index in [4.69, 9.17) is 5.11 Å². The van der Waals surface area contributed by atoms with Crippen LogP contribution in [0.2, 0.25) is 0 Å². The van der Waals surface area contributed by atoms with Crippen LogP contribution >= 0.6 is 0 Å². The van der Waals surface area contributed by atoms with Crippen LogP contribution in [0.25, 0.3) is 0 Å².